The summed E-state index contributed by atoms with van der Waals surface area (Å²) in [6.45, 7) is 6.70. The fraction of sp³-hybridized carbons (Fsp3) is 0.550. The van der Waals surface area contributed by atoms with Crippen molar-refractivity contribution in [1.82, 2.24) is 25.4 Å². The molecule has 6 heteroatoms. The van der Waals surface area contributed by atoms with Crippen LogP contribution in [0.3, 0.4) is 0 Å². The molecule has 0 saturated carbocycles. The molecule has 2 aromatic rings. The lowest BCUT2D eigenvalue weighted by atomic mass is 10.0. The molecule has 0 fully saturated rings. The molecule has 1 aliphatic heterocycles. The molecule has 0 bridgehead atoms. The first-order valence-corrected chi connectivity index (χ1v) is 9.78. The minimum absolute atomic E-state index is 0.179. The van der Waals surface area contributed by atoms with Crippen LogP contribution in [0.4, 0.5) is 0 Å². The Kier molecular flexibility index (Phi) is 4.91. The maximum absolute atomic E-state index is 4.91. The predicted molar refractivity (Wildman–Crippen MR) is 103 cm³/mol. The topological polar surface area (TPSA) is 67.1 Å². The van der Waals surface area contributed by atoms with Crippen molar-refractivity contribution < 1.29 is 0 Å². The molecule has 1 aliphatic carbocycles. The molecule has 1 aromatic carbocycles. The fourth-order valence-electron chi connectivity index (χ4n) is 4.13. The fourth-order valence-corrected chi connectivity index (χ4v) is 4.13. The summed E-state index contributed by atoms with van der Waals surface area (Å²) >= 11 is 0. The van der Waals surface area contributed by atoms with Crippen LogP contribution in [0.25, 0.3) is 0 Å². The number of nitrogens with zero attached hydrogens (tertiary/aromatic N) is 4. The molecule has 26 heavy (non-hydrogen) atoms. The van der Waals surface area contributed by atoms with E-state index < -0.39 is 0 Å². The van der Waals surface area contributed by atoms with E-state index in [0.717, 1.165) is 50.1 Å². The number of aryl methyl sites for hydroxylation is 3. The van der Waals surface area contributed by atoms with E-state index in [2.05, 4.69) is 51.9 Å². The van der Waals surface area contributed by atoms with Crippen LogP contribution in [0.1, 0.15) is 60.9 Å². The summed E-state index contributed by atoms with van der Waals surface area (Å²) in [5, 5.41) is 11.5. The molecular formula is C20H28N6. The van der Waals surface area contributed by atoms with Crippen molar-refractivity contribution in [2.45, 2.75) is 58.0 Å². The normalized spacial score (nSPS) is 22.0. The molecule has 2 heterocycles. The smallest absolute Gasteiger partial charge is 0.191 e. The molecule has 2 unspecified atom stereocenters. The summed E-state index contributed by atoms with van der Waals surface area (Å²) in [6, 6.07) is 8.96. The SMILES string of the molecule is CCNC(=NCC1CCc2ccccc21)NC1CCCn2nc(C)nc21. The van der Waals surface area contributed by atoms with Crippen molar-refractivity contribution in [3.8, 4) is 0 Å². The van der Waals surface area contributed by atoms with E-state index in [0.29, 0.717) is 5.92 Å². The highest BCUT2D eigenvalue weighted by Crippen LogP contribution is 2.33. The number of fused-ring (bicyclic) bond motifs is 2. The highest BCUT2D eigenvalue weighted by Gasteiger charge is 2.25. The number of benzene rings is 1. The Morgan fingerprint density at radius 1 is 1.31 bits per heavy atom. The second kappa shape index (κ2) is 7.48. The minimum atomic E-state index is 0.179. The van der Waals surface area contributed by atoms with Gasteiger partial charge in [-0.1, -0.05) is 24.3 Å². The van der Waals surface area contributed by atoms with Crippen LogP contribution in [0, 0.1) is 6.92 Å². The van der Waals surface area contributed by atoms with E-state index in [9.17, 15) is 0 Å². The van der Waals surface area contributed by atoms with E-state index in [1.807, 2.05) is 11.6 Å². The molecule has 0 amide bonds. The zero-order valence-electron chi connectivity index (χ0n) is 15.7. The Hall–Kier alpha value is -2.37. The molecule has 4 rings (SSSR count). The van der Waals surface area contributed by atoms with Crippen LogP contribution in [-0.4, -0.2) is 33.8 Å². The molecule has 2 atom stereocenters. The third kappa shape index (κ3) is 3.45. The highest BCUT2D eigenvalue weighted by molar-refractivity contribution is 5.80. The molecule has 0 radical (unpaired) electrons. The summed E-state index contributed by atoms with van der Waals surface area (Å²) in [6.07, 6.45) is 4.54. The number of aliphatic imine (C=N–C) groups is 1. The van der Waals surface area contributed by atoms with Crippen molar-refractivity contribution in [1.29, 1.82) is 0 Å². The van der Waals surface area contributed by atoms with Gasteiger partial charge in [0.25, 0.3) is 0 Å². The number of hydrogen-bond acceptors (Lipinski definition) is 3. The van der Waals surface area contributed by atoms with Gasteiger partial charge in [0.15, 0.2) is 5.96 Å². The van der Waals surface area contributed by atoms with E-state index >= 15 is 0 Å². The van der Waals surface area contributed by atoms with Gasteiger partial charge < -0.3 is 10.6 Å². The Bertz CT molecular complexity index is 793. The Morgan fingerprint density at radius 3 is 3.08 bits per heavy atom. The van der Waals surface area contributed by atoms with Crippen LogP contribution in [0.2, 0.25) is 0 Å². The lowest BCUT2D eigenvalue weighted by Gasteiger charge is -2.25. The van der Waals surface area contributed by atoms with Gasteiger partial charge in [-0.15, -0.1) is 0 Å². The van der Waals surface area contributed by atoms with E-state index in [-0.39, 0.29) is 6.04 Å². The van der Waals surface area contributed by atoms with Gasteiger partial charge in [-0.3, -0.25) is 4.99 Å². The molecule has 0 saturated heterocycles. The summed E-state index contributed by atoms with van der Waals surface area (Å²) < 4.78 is 2.04. The summed E-state index contributed by atoms with van der Waals surface area (Å²) in [4.78, 5) is 9.52. The molecule has 2 N–H and O–H groups in total. The van der Waals surface area contributed by atoms with Crippen molar-refractivity contribution >= 4 is 5.96 Å². The maximum Gasteiger partial charge on any atom is 0.191 e. The van der Waals surface area contributed by atoms with Crippen molar-refractivity contribution in [3.63, 3.8) is 0 Å². The van der Waals surface area contributed by atoms with E-state index in [4.69, 9.17) is 4.99 Å². The van der Waals surface area contributed by atoms with E-state index in [1.165, 1.54) is 24.0 Å². The number of guanidine groups is 1. The first-order chi connectivity index (χ1) is 12.7. The van der Waals surface area contributed by atoms with Crippen LogP contribution >= 0.6 is 0 Å². The monoisotopic (exact) mass is 352 g/mol. The number of hydrogen-bond donors (Lipinski definition) is 2. The predicted octanol–water partition coefficient (Wildman–Crippen LogP) is 2.71. The summed E-state index contributed by atoms with van der Waals surface area (Å²) in [7, 11) is 0. The molecule has 138 valence electrons. The molecule has 2 aliphatic rings. The van der Waals surface area contributed by atoms with Gasteiger partial charge in [0.1, 0.15) is 11.6 Å². The Balaban J connectivity index is 1.47. The van der Waals surface area contributed by atoms with Gasteiger partial charge in [-0.05, 0) is 50.7 Å². The van der Waals surface area contributed by atoms with E-state index in [1.54, 1.807) is 0 Å². The van der Waals surface area contributed by atoms with Crippen molar-refractivity contribution in [3.05, 3.63) is 47.0 Å². The van der Waals surface area contributed by atoms with Crippen molar-refractivity contribution in [2.24, 2.45) is 4.99 Å². The number of rotatable bonds is 4. The lowest BCUT2D eigenvalue weighted by Crippen LogP contribution is -2.41. The third-order valence-electron chi connectivity index (χ3n) is 5.36. The average molecular weight is 352 g/mol. The maximum atomic E-state index is 4.91. The average Bonchev–Trinajstić information content (AvgIpc) is 3.23. The van der Waals surface area contributed by atoms with Gasteiger partial charge in [-0.25, -0.2) is 9.67 Å². The standard InChI is InChI=1S/C20H28N6/c1-3-21-20(22-13-16-11-10-15-7-4-5-8-17(15)16)24-18-9-6-12-26-19(18)23-14(2)25-26/h4-5,7-8,16,18H,3,6,9-13H2,1-2H3,(H2,21,22,24). The van der Waals surface area contributed by atoms with Gasteiger partial charge in [0.2, 0.25) is 0 Å². The third-order valence-corrected chi connectivity index (χ3v) is 5.36. The quantitative estimate of drug-likeness (QED) is 0.656. The van der Waals surface area contributed by atoms with Crippen molar-refractivity contribution in [2.75, 3.05) is 13.1 Å². The molecule has 0 spiro atoms. The molecule has 1 aromatic heterocycles. The van der Waals surface area contributed by atoms with Gasteiger partial charge in [0.05, 0.1) is 6.04 Å². The second-order valence-electron chi connectivity index (χ2n) is 7.23. The highest BCUT2D eigenvalue weighted by atomic mass is 15.4. The molecular weight excluding hydrogens is 324 g/mol. The van der Waals surface area contributed by atoms with Gasteiger partial charge in [0, 0.05) is 25.6 Å². The Labute approximate surface area is 155 Å². The largest absolute Gasteiger partial charge is 0.357 e. The van der Waals surface area contributed by atoms with Gasteiger partial charge >= 0.3 is 0 Å². The minimum Gasteiger partial charge on any atom is -0.357 e. The lowest BCUT2D eigenvalue weighted by molar-refractivity contribution is 0.397. The zero-order chi connectivity index (χ0) is 17.9. The zero-order valence-corrected chi connectivity index (χ0v) is 15.7. The number of nitrogens with one attached hydrogen (secondary N) is 2. The molecule has 6 nitrogen and oxygen atoms in total. The summed E-state index contributed by atoms with van der Waals surface area (Å²) in [5.41, 5.74) is 2.96. The van der Waals surface area contributed by atoms with Crippen LogP contribution in [-0.2, 0) is 13.0 Å². The van der Waals surface area contributed by atoms with Crippen LogP contribution in [0.5, 0.6) is 0 Å². The van der Waals surface area contributed by atoms with Gasteiger partial charge in [-0.2, -0.15) is 5.10 Å². The second-order valence-corrected chi connectivity index (χ2v) is 7.23. The number of aromatic nitrogens is 3. The van der Waals surface area contributed by atoms with Crippen LogP contribution in [0.15, 0.2) is 29.3 Å². The Morgan fingerprint density at radius 2 is 2.19 bits per heavy atom. The summed E-state index contributed by atoms with van der Waals surface area (Å²) in [5.74, 6) is 3.29. The van der Waals surface area contributed by atoms with Crippen LogP contribution < -0.4 is 10.6 Å². The first kappa shape index (κ1) is 17.1. The first-order valence-electron chi connectivity index (χ1n) is 9.78.